The van der Waals surface area contributed by atoms with Crippen LogP contribution in [-0.4, -0.2) is 25.0 Å². The van der Waals surface area contributed by atoms with Gasteiger partial charge in [0.15, 0.2) is 0 Å². The van der Waals surface area contributed by atoms with Crippen LogP contribution in [0.25, 0.3) is 0 Å². The summed E-state index contributed by atoms with van der Waals surface area (Å²) < 4.78 is 0. The molecule has 0 fully saturated rings. The average molecular weight is 139 g/mol. The quantitative estimate of drug-likeness (QED) is 0.526. The molecule has 0 aromatic heterocycles. The summed E-state index contributed by atoms with van der Waals surface area (Å²) in [5, 5.41) is 0. The highest BCUT2D eigenvalue weighted by molar-refractivity contribution is 4.79. The number of rotatable bonds is 5. The van der Waals surface area contributed by atoms with Crippen molar-refractivity contribution in [2.24, 2.45) is 5.92 Å². The molecule has 1 nitrogen and oxygen atoms in total. The Hall–Kier alpha value is -0.560. The molecule has 0 amide bonds. The summed E-state index contributed by atoms with van der Waals surface area (Å²) in [6.45, 7) is 11.6. The van der Waals surface area contributed by atoms with E-state index in [4.69, 9.17) is 0 Å². The lowest BCUT2D eigenvalue weighted by Gasteiger charge is -2.16. The molecule has 0 radical (unpaired) electrons. The summed E-state index contributed by atoms with van der Waals surface area (Å²) in [6, 6.07) is 0. The molecule has 0 rings (SSSR count). The molecule has 0 heterocycles. The van der Waals surface area contributed by atoms with Crippen LogP contribution in [0.15, 0.2) is 25.3 Å². The van der Waals surface area contributed by atoms with E-state index < -0.39 is 0 Å². The molecular formula is C9H17N. The van der Waals surface area contributed by atoms with Gasteiger partial charge in [0.05, 0.1) is 0 Å². The lowest BCUT2D eigenvalue weighted by molar-refractivity contribution is 0.339. The zero-order valence-electron chi connectivity index (χ0n) is 7.01. The van der Waals surface area contributed by atoms with Gasteiger partial charge >= 0.3 is 0 Å². The van der Waals surface area contributed by atoms with Crippen molar-refractivity contribution in [1.82, 2.24) is 4.90 Å². The van der Waals surface area contributed by atoms with Gasteiger partial charge in [0.25, 0.3) is 0 Å². The van der Waals surface area contributed by atoms with Gasteiger partial charge in [-0.1, -0.05) is 19.1 Å². The zero-order chi connectivity index (χ0) is 7.98. The fourth-order valence-electron chi connectivity index (χ4n) is 0.861. The van der Waals surface area contributed by atoms with Gasteiger partial charge in [-0.3, -0.25) is 0 Å². The van der Waals surface area contributed by atoms with Gasteiger partial charge in [0.1, 0.15) is 0 Å². The minimum Gasteiger partial charge on any atom is -0.302 e. The summed E-state index contributed by atoms with van der Waals surface area (Å²) in [5.41, 5.74) is 0. The summed E-state index contributed by atoms with van der Waals surface area (Å²) in [5.74, 6) is 0.574. The van der Waals surface area contributed by atoms with Crippen LogP contribution >= 0.6 is 0 Å². The Balaban J connectivity index is 3.45. The Morgan fingerprint density at radius 1 is 1.50 bits per heavy atom. The maximum Gasteiger partial charge on any atom is 0.0157 e. The third kappa shape index (κ3) is 4.33. The molecule has 1 atom stereocenters. The molecule has 0 saturated heterocycles. The maximum atomic E-state index is 3.72. The smallest absolute Gasteiger partial charge is 0.0157 e. The van der Waals surface area contributed by atoms with Gasteiger partial charge in [0, 0.05) is 13.1 Å². The second kappa shape index (κ2) is 5.24. The van der Waals surface area contributed by atoms with Crippen molar-refractivity contribution in [2.45, 2.75) is 6.92 Å². The van der Waals surface area contributed by atoms with E-state index in [-0.39, 0.29) is 0 Å². The van der Waals surface area contributed by atoms with Crippen LogP contribution in [0.5, 0.6) is 0 Å². The summed E-state index contributed by atoms with van der Waals surface area (Å²) in [7, 11) is 2.08. The van der Waals surface area contributed by atoms with Gasteiger partial charge in [-0.2, -0.15) is 0 Å². The molecule has 0 spiro atoms. The summed E-state index contributed by atoms with van der Waals surface area (Å²) in [6.07, 6.45) is 3.88. The van der Waals surface area contributed by atoms with Crippen LogP contribution in [-0.2, 0) is 0 Å². The van der Waals surface area contributed by atoms with E-state index in [1.165, 1.54) is 0 Å². The standard InChI is InChI=1S/C9H17N/c1-5-7-10(4)8-9(3)6-2/h5-6,9H,1-2,7-8H2,3-4H3. The molecule has 0 aromatic rings. The SMILES string of the molecule is C=CCN(C)CC(C)C=C. The zero-order valence-corrected chi connectivity index (χ0v) is 7.01. The van der Waals surface area contributed by atoms with Gasteiger partial charge < -0.3 is 4.90 Å². The molecule has 0 aliphatic rings. The highest BCUT2D eigenvalue weighted by Crippen LogP contribution is 1.97. The van der Waals surface area contributed by atoms with Crippen LogP contribution in [0.1, 0.15) is 6.92 Å². The predicted octanol–water partition coefficient (Wildman–Crippen LogP) is 1.93. The van der Waals surface area contributed by atoms with E-state index >= 15 is 0 Å². The monoisotopic (exact) mass is 139 g/mol. The lowest BCUT2D eigenvalue weighted by Crippen LogP contribution is -2.23. The van der Waals surface area contributed by atoms with Gasteiger partial charge in [-0.25, -0.2) is 0 Å². The summed E-state index contributed by atoms with van der Waals surface area (Å²) in [4.78, 5) is 2.22. The minimum absolute atomic E-state index is 0.574. The Labute approximate surface area is 64.0 Å². The molecule has 0 N–H and O–H groups in total. The third-order valence-electron chi connectivity index (χ3n) is 1.44. The first-order valence-electron chi connectivity index (χ1n) is 3.62. The molecule has 1 heteroatoms. The normalized spacial score (nSPS) is 13.1. The average Bonchev–Trinajstić information content (AvgIpc) is 1.88. The molecule has 0 aromatic carbocycles. The highest BCUT2D eigenvalue weighted by Gasteiger charge is 1.99. The molecule has 0 saturated carbocycles. The van der Waals surface area contributed by atoms with Crippen LogP contribution in [0.3, 0.4) is 0 Å². The molecular weight excluding hydrogens is 122 g/mol. The van der Waals surface area contributed by atoms with Crippen LogP contribution in [0.4, 0.5) is 0 Å². The molecule has 1 unspecified atom stereocenters. The molecule has 58 valence electrons. The van der Waals surface area contributed by atoms with Crippen LogP contribution < -0.4 is 0 Å². The number of hydrogen-bond donors (Lipinski definition) is 0. The van der Waals surface area contributed by atoms with E-state index in [0.717, 1.165) is 13.1 Å². The van der Waals surface area contributed by atoms with Gasteiger partial charge in [-0.05, 0) is 13.0 Å². The molecule has 10 heavy (non-hydrogen) atoms. The van der Waals surface area contributed by atoms with E-state index in [1.54, 1.807) is 0 Å². The second-order valence-electron chi connectivity index (χ2n) is 2.72. The van der Waals surface area contributed by atoms with Crippen molar-refractivity contribution in [3.63, 3.8) is 0 Å². The highest BCUT2D eigenvalue weighted by atomic mass is 15.1. The van der Waals surface area contributed by atoms with Crippen molar-refractivity contribution in [1.29, 1.82) is 0 Å². The Morgan fingerprint density at radius 3 is 2.50 bits per heavy atom. The van der Waals surface area contributed by atoms with Crippen LogP contribution in [0.2, 0.25) is 0 Å². The lowest BCUT2D eigenvalue weighted by atomic mass is 10.2. The first kappa shape index (κ1) is 9.44. The number of likely N-dealkylation sites (N-methyl/N-ethyl adjacent to an activating group) is 1. The Bertz CT molecular complexity index is 107. The van der Waals surface area contributed by atoms with Crippen molar-refractivity contribution < 1.29 is 0 Å². The second-order valence-corrected chi connectivity index (χ2v) is 2.72. The molecule has 0 bridgehead atoms. The van der Waals surface area contributed by atoms with Crippen molar-refractivity contribution in [3.8, 4) is 0 Å². The fourth-order valence-corrected chi connectivity index (χ4v) is 0.861. The molecule has 0 aliphatic carbocycles. The van der Waals surface area contributed by atoms with E-state index in [9.17, 15) is 0 Å². The molecule has 0 aliphatic heterocycles. The van der Waals surface area contributed by atoms with E-state index in [0.29, 0.717) is 5.92 Å². The number of nitrogens with zero attached hydrogens (tertiary/aromatic N) is 1. The fraction of sp³-hybridized carbons (Fsp3) is 0.556. The van der Waals surface area contributed by atoms with Gasteiger partial charge in [0.2, 0.25) is 0 Å². The van der Waals surface area contributed by atoms with E-state index in [2.05, 4.69) is 32.0 Å². The Kier molecular flexibility index (Phi) is 4.95. The predicted molar refractivity (Wildman–Crippen MR) is 47.1 cm³/mol. The topological polar surface area (TPSA) is 3.24 Å². The number of hydrogen-bond acceptors (Lipinski definition) is 1. The third-order valence-corrected chi connectivity index (χ3v) is 1.44. The van der Waals surface area contributed by atoms with Gasteiger partial charge in [-0.15, -0.1) is 13.2 Å². The van der Waals surface area contributed by atoms with Crippen molar-refractivity contribution in [2.75, 3.05) is 20.1 Å². The maximum absolute atomic E-state index is 3.72. The van der Waals surface area contributed by atoms with Crippen molar-refractivity contribution >= 4 is 0 Å². The minimum atomic E-state index is 0.574. The summed E-state index contributed by atoms with van der Waals surface area (Å²) >= 11 is 0. The first-order chi connectivity index (χ1) is 4.70. The van der Waals surface area contributed by atoms with E-state index in [1.807, 2.05) is 12.2 Å². The largest absolute Gasteiger partial charge is 0.302 e. The Morgan fingerprint density at radius 2 is 2.10 bits per heavy atom. The first-order valence-corrected chi connectivity index (χ1v) is 3.62. The van der Waals surface area contributed by atoms with Crippen molar-refractivity contribution in [3.05, 3.63) is 25.3 Å². The van der Waals surface area contributed by atoms with Crippen LogP contribution in [0, 0.1) is 5.92 Å².